The van der Waals surface area contributed by atoms with Crippen molar-refractivity contribution in [1.82, 2.24) is 5.01 Å². The highest BCUT2D eigenvalue weighted by Gasteiger charge is 2.16. The van der Waals surface area contributed by atoms with E-state index >= 15 is 0 Å². The van der Waals surface area contributed by atoms with Crippen LogP contribution in [0.25, 0.3) is 0 Å². The lowest BCUT2D eigenvalue weighted by atomic mass is 10.3. The van der Waals surface area contributed by atoms with Gasteiger partial charge in [0.1, 0.15) is 0 Å². The molecule has 6 N–H and O–H groups in total. The summed E-state index contributed by atoms with van der Waals surface area (Å²) in [5, 5.41) is 0.900. The zero-order valence-corrected chi connectivity index (χ0v) is 14.2. The molecule has 0 aromatic rings. The Balaban J connectivity index is -0.00000200. The maximum absolute atomic E-state index is 11.5. The molecule has 0 aliphatic heterocycles. The van der Waals surface area contributed by atoms with E-state index in [-0.39, 0.29) is 63.1 Å². The number of hydrogen-bond acceptors (Lipinski definition) is 8. The molecule has 1 atom stereocenters. The highest BCUT2D eigenvalue weighted by molar-refractivity contribution is 5.85. The molecule has 0 radical (unpaired) electrons. The number of halogens is 2. The molecule has 0 rings (SSSR count). The Bertz CT molecular complexity index is 408. The monoisotopic (exact) mass is 376 g/mol. The van der Waals surface area contributed by atoms with Crippen molar-refractivity contribution in [3.63, 3.8) is 0 Å². The van der Waals surface area contributed by atoms with Gasteiger partial charge in [-0.05, 0) is 6.92 Å². The number of hydrogen-bond donors (Lipinski definition) is 3. The third-order valence-electron chi connectivity index (χ3n) is 2.15. The van der Waals surface area contributed by atoms with Crippen molar-refractivity contribution in [1.29, 1.82) is 0 Å². The molecular weight excluding hydrogens is 355 g/mol. The summed E-state index contributed by atoms with van der Waals surface area (Å²) in [6, 6.07) is -0.294. The minimum atomic E-state index is -0.912. The second-order valence-electron chi connectivity index (χ2n) is 4.40. The van der Waals surface area contributed by atoms with Crippen molar-refractivity contribution in [2.24, 2.45) is 17.3 Å². The van der Waals surface area contributed by atoms with Gasteiger partial charge in [0, 0.05) is 18.9 Å². The molecule has 0 saturated carbocycles. The summed E-state index contributed by atoms with van der Waals surface area (Å²) in [6.07, 6.45) is -1.03. The lowest BCUT2D eigenvalue weighted by Gasteiger charge is -2.18. The number of nitrogens with two attached hydrogens (primary N) is 3. The summed E-state index contributed by atoms with van der Waals surface area (Å²) in [4.78, 5) is 52.4. The molecule has 10 nitrogen and oxygen atoms in total. The Morgan fingerprint density at radius 3 is 1.78 bits per heavy atom. The molecular formula is C11H22Cl2N4O6. The first kappa shape index (κ1) is 26.3. The van der Waals surface area contributed by atoms with Gasteiger partial charge in [0.25, 0.3) is 0 Å². The predicted molar refractivity (Wildman–Crippen MR) is 83.9 cm³/mol. The molecule has 0 spiro atoms. The van der Waals surface area contributed by atoms with Crippen LogP contribution in [0, 0.1) is 0 Å². The number of nitrogens with zero attached hydrogens (tertiary/aromatic N) is 1. The van der Waals surface area contributed by atoms with Crippen LogP contribution >= 0.6 is 24.8 Å². The first-order chi connectivity index (χ1) is 9.72. The van der Waals surface area contributed by atoms with Crippen LogP contribution in [0.15, 0.2) is 0 Å². The SMILES string of the molecule is CC(N)CN(N)C(=O)CCC(=O)OOC(=O)CCC(N)=O.Cl.Cl. The van der Waals surface area contributed by atoms with E-state index in [1.165, 1.54) is 0 Å². The highest BCUT2D eigenvalue weighted by atomic mass is 35.5. The normalized spacial score (nSPS) is 10.4. The molecule has 12 heteroatoms. The van der Waals surface area contributed by atoms with E-state index in [1.54, 1.807) is 6.92 Å². The smallest absolute Gasteiger partial charge is 0.356 e. The van der Waals surface area contributed by atoms with E-state index < -0.39 is 23.8 Å². The zero-order chi connectivity index (χ0) is 16.4. The molecule has 0 saturated heterocycles. The summed E-state index contributed by atoms with van der Waals surface area (Å²) in [6.45, 7) is 1.82. The standard InChI is InChI=1S/C11H20N4O6.2ClH/c1-7(12)6-15(14)9(17)3-5-11(19)21-20-10(18)4-2-8(13)16;;/h7H,2-6,12,14H2,1H3,(H2,13,16);2*1H. The van der Waals surface area contributed by atoms with Crippen molar-refractivity contribution in [3.05, 3.63) is 0 Å². The van der Waals surface area contributed by atoms with Crippen LogP contribution in [0.2, 0.25) is 0 Å². The van der Waals surface area contributed by atoms with Crippen LogP contribution in [-0.4, -0.2) is 41.3 Å². The average molecular weight is 377 g/mol. The van der Waals surface area contributed by atoms with Crippen molar-refractivity contribution in [3.8, 4) is 0 Å². The molecule has 0 aliphatic rings. The molecule has 0 aliphatic carbocycles. The van der Waals surface area contributed by atoms with Gasteiger partial charge in [-0.2, -0.15) is 0 Å². The van der Waals surface area contributed by atoms with Crippen LogP contribution in [0.1, 0.15) is 32.6 Å². The lowest BCUT2D eigenvalue weighted by Crippen LogP contribution is -2.44. The van der Waals surface area contributed by atoms with Gasteiger partial charge >= 0.3 is 11.9 Å². The zero-order valence-electron chi connectivity index (χ0n) is 12.6. The fraction of sp³-hybridized carbons (Fsp3) is 0.636. The fourth-order valence-electron chi connectivity index (χ4n) is 1.17. The average Bonchev–Trinajstić information content (AvgIpc) is 2.39. The topological polar surface area (TPSA) is 168 Å². The first-order valence-corrected chi connectivity index (χ1v) is 6.21. The summed E-state index contributed by atoms with van der Waals surface area (Å²) < 4.78 is 0. The second-order valence-corrected chi connectivity index (χ2v) is 4.40. The second kappa shape index (κ2) is 14.0. The van der Waals surface area contributed by atoms with Gasteiger partial charge in [0.05, 0.1) is 19.4 Å². The van der Waals surface area contributed by atoms with Gasteiger partial charge in [-0.15, -0.1) is 24.8 Å². The minimum absolute atomic E-state index is 0. The van der Waals surface area contributed by atoms with E-state index in [9.17, 15) is 19.2 Å². The largest absolute Gasteiger partial charge is 0.370 e. The molecule has 0 fully saturated rings. The molecule has 0 heterocycles. The molecule has 136 valence electrons. The van der Waals surface area contributed by atoms with Gasteiger partial charge < -0.3 is 11.5 Å². The van der Waals surface area contributed by atoms with Crippen LogP contribution in [0.4, 0.5) is 0 Å². The van der Waals surface area contributed by atoms with E-state index in [1.807, 2.05) is 0 Å². The van der Waals surface area contributed by atoms with E-state index in [0.717, 1.165) is 5.01 Å². The number of primary amides is 1. The summed E-state index contributed by atoms with van der Waals surface area (Å²) in [5.41, 5.74) is 10.3. The molecule has 0 aromatic heterocycles. The van der Waals surface area contributed by atoms with Crippen molar-refractivity contribution in [2.75, 3.05) is 6.54 Å². The summed E-state index contributed by atoms with van der Waals surface area (Å²) >= 11 is 0. The number of carbonyl (C=O) groups is 4. The Morgan fingerprint density at radius 1 is 0.957 bits per heavy atom. The molecule has 0 bridgehead atoms. The molecule has 23 heavy (non-hydrogen) atoms. The van der Waals surface area contributed by atoms with Gasteiger partial charge in [-0.25, -0.2) is 25.2 Å². The number of amides is 2. The Morgan fingerprint density at radius 2 is 1.39 bits per heavy atom. The van der Waals surface area contributed by atoms with Gasteiger partial charge in [-0.3, -0.25) is 14.6 Å². The van der Waals surface area contributed by atoms with Crippen LogP contribution < -0.4 is 17.3 Å². The third kappa shape index (κ3) is 15.1. The minimum Gasteiger partial charge on any atom is -0.370 e. The maximum atomic E-state index is 11.5. The molecule has 0 aromatic carbocycles. The Kier molecular flexibility index (Phi) is 16.0. The fourth-order valence-corrected chi connectivity index (χ4v) is 1.17. The van der Waals surface area contributed by atoms with Crippen LogP contribution in [0.5, 0.6) is 0 Å². The van der Waals surface area contributed by atoms with Crippen LogP contribution in [-0.2, 0) is 29.0 Å². The number of hydrazine groups is 1. The molecule has 2 amide bonds. The lowest BCUT2D eigenvalue weighted by molar-refractivity contribution is -0.259. The highest BCUT2D eigenvalue weighted by Crippen LogP contribution is 1.99. The third-order valence-corrected chi connectivity index (χ3v) is 2.15. The maximum Gasteiger partial charge on any atom is 0.356 e. The van der Waals surface area contributed by atoms with Gasteiger partial charge in [-0.1, -0.05) is 0 Å². The van der Waals surface area contributed by atoms with E-state index in [0.29, 0.717) is 0 Å². The van der Waals surface area contributed by atoms with Gasteiger partial charge in [0.15, 0.2) is 0 Å². The van der Waals surface area contributed by atoms with E-state index in [2.05, 4.69) is 9.78 Å². The van der Waals surface area contributed by atoms with E-state index in [4.69, 9.17) is 17.3 Å². The number of carbonyl (C=O) groups excluding carboxylic acids is 4. The Labute approximate surface area is 145 Å². The Hall–Kier alpha value is -1.62. The van der Waals surface area contributed by atoms with Gasteiger partial charge in [0.2, 0.25) is 11.8 Å². The first-order valence-electron chi connectivity index (χ1n) is 6.21. The van der Waals surface area contributed by atoms with Crippen molar-refractivity contribution >= 4 is 48.6 Å². The van der Waals surface area contributed by atoms with Crippen LogP contribution in [0.3, 0.4) is 0 Å². The van der Waals surface area contributed by atoms with Crippen molar-refractivity contribution < 1.29 is 29.0 Å². The predicted octanol–water partition coefficient (Wildman–Crippen LogP) is -1.07. The quantitative estimate of drug-likeness (QED) is 0.208. The molecule has 1 unspecified atom stereocenters. The van der Waals surface area contributed by atoms with Crippen molar-refractivity contribution in [2.45, 2.75) is 38.6 Å². The number of rotatable bonds is 8. The summed E-state index contributed by atoms with van der Waals surface area (Å²) in [5.74, 6) is 2.42. The summed E-state index contributed by atoms with van der Waals surface area (Å²) in [7, 11) is 0.